The Labute approximate surface area is 191 Å². The van der Waals surface area contributed by atoms with Gasteiger partial charge in [-0.3, -0.25) is 4.98 Å². The highest BCUT2D eigenvalue weighted by atomic mass is 35.5. The number of halogens is 2. The van der Waals surface area contributed by atoms with Gasteiger partial charge in [0.1, 0.15) is 18.3 Å². The number of aliphatic hydroxyl groups is 1. The lowest BCUT2D eigenvalue weighted by Gasteiger charge is -2.34. The van der Waals surface area contributed by atoms with Crippen LogP contribution in [0.4, 0.5) is 0 Å². The molecule has 0 aliphatic rings. The van der Waals surface area contributed by atoms with E-state index in [1.807, 2.05) is 19.1 Å². The average molecular weight is 479 g/mol. The molecule has 30 heavy (non-hydrogen) atoms. The summed E-state index contributed by atoms with van der Waals surface area (Å²) >= 11 is 15.2. The van der Waals surface area contributed by atoms with Crippen LogP contribution in [0, 0.1) is 0 Å². The second-order valence-corrected chi connectivity index (χ2v) is 9.70. The maximum atomic E-state index is 11.8. The second kappa shape index (κ2) is 8.99. The molecular weight excluding hydrogens is 463 g/mol. The van der Waals surface area contributed by atoms with Gasteiger partial charge in [-0.2, -0.15) is 9.47 Å². The maximum Gasteiger partial charge on any atom is 0.174 e. The van der Waals surface area contributed by atoms with Gasteiger partial charge >= 0.3 is 0 Å². The van der Waals surface area contributed by atoms with Crippen molar-refractivity contribution in [2.24, 2.45) is 0 Å². The summed E-state index contributed by atoms with van der Waals surface area (Å²) in [7, 11) is 0. The van der Waals surface area contributed by atoms with Gasteiger partial charge in [0.15, 0.2) is 10.2 Å². The maximum absolute atomic E-state index is 11.8. The summed E-state index contributed by atoms with van der Waals surface area (Å²) < 4.78 is 6.74. The topological polar surface area (TPSA) is 89.6 Å². The molecule has 0 saturated carbocycles. The van der Waals surface area contributed by atoms with Crippen LogP contribution in [0.3, 0.4) is 0 Å². The lowest BCUT2D eigenvalue weighted by atomic mass is 9.90. The molecule has 4 rings (SSSR count). The minimum Gasteiger partial charge on any atom is -0.382 e. The molecule has 0 saturated heterocycles. The predicted octanol–water partition coefficient (Wildman–Crippen LogP) is 4.57. The first kappa shape index (κ1) is 21.2. The molecule has 1 aromatic carbocycles. The fourth-order valence-electron chi connectivity index (χ4n) is 2.96. The molecule has 0 aliphatic carbocycles. The molecule has 0 amide bonds. The van der Waals surface area contributed by atoms with Gasteiger partial charge in [0.05, 0.1) is 6.54 Å². The Morgan fingerprint density at radius 2 is 2.00 bits per heavy atom. The van der Waals surface area contributed by atoms with Crippen LogP contribution in [0.1, 0.15) is 12.5 Å². The van der Waals surface area contributed by atoms with Gasteiger partial charge in [0.2, 0.25) is 0 Å². The first-order valence-corrected chi connectivity index (χ1v) is 11.3. The molecular formula is C19H16Cl2N6OS2. The second-order valence-electron chi connectivity index (χ2n) is 6.52. The number of rotatable bonds is 7. The van der Waals surface area contributed by atoms with Gasteiger partial charge in [-0.1, -0.05) is 41.0 Å². The number of nitrogens with zero attached hydrogens (tertiary/aromatic N) is 6. The summed E-state index contributed by atoms with van der Waals surface area (Å²) in [6, 6.07) is 8.78. The number of thioether (sulfide) groups is 1. The Bertz CT molecular complexity index is 1130. The third kappa shape index (κ3) is 4.50. The number of aromatic nitrogens is 6. The lowest BCUT2D eigenvalue weighted by molar-refractivity contribution is 0.0168. The molecule has 0 bridgehead atoms. The fourth-order valence-corrected chi connectivity index (χ4v) is 5.52. The molecule has 7 nitrogen and oxygen atoms in total. The quantitative estimate of drug-likeness (QED) is 0.389. The lowest BCUT2D eigenvalue weighted by Crippen LogP contribution is -2.40. The molecule has 0 spiro atoms. The Balaban J connectivity index is 1.64. The molecule has 3 heterocycles. The van der Waals surface area contributed by atoms with Gasteiger partial charge in [0.25, 0.3) is 0 Å². The van der Waals surface area contributed by atoms with Crippen LogP contribution < -0.4 is 0 Å². The number of hydrogen-bond acceptors (Lipinski definition) is 8. The summed E-state index contributed by atoms with van der Waals surface area (Å²) in [5.74, 6) is 0.626. The van der Waals surface area contributed by atoms with Crippen LogP contribution in [0.25, 0.3) is 11.4 Å². The molecule has 3 aromatic heterocycles. The van der Waals surface area contributed by atoms with Crippen molar-refractivity contribution in [3.8, 4) is 11.4 Å². The van der Waals surface area contributed by atoms with Crippen LogP contribution in [-0.4, -0.2) is 39.5 Å². The smallest absolute Gasteiger partial charge is 0.174 e. The van der Waals surface area contributed by atoms with Gasteiger partial charge in [-0.05, 0) is 42.7 Å². The van der Waals surface area contributed by atoms with Crippen LogP contribution >= 0.6 is 46.5 Å². The van der Waals surface area contributed by atoms with Crippen molar-refractivity contribution in [3.63, 3.8) is 0 Å². The highest BCUT2D eigenvalue weighted by Gasteiger charge is 2.39. The van der Waals surface area contributed by atoms with E-state index in [-0.39, 0.29) is 11.8 Å². The van der Waals surface area contributed by atoms with Gasteiger partial charge in [0, 0.05) is 38.8 Å². The van der Waals surface area contributed by atoms with E-state index < -0.39 is 5.60 Å². The minimum absolute atomic E-state index is 0.165. The summed E-state index contributed by atoms with van der Waals surface area (Å²) in [4.78, 5) is 12.6. The standard InChI is InChI=1S/C19H16Cl2N6OS2/c1-12(29-18-25-17(26-30-18)13-4-6-22-7-5-13)19(28,9-27-11-23-10-24-27)15-3-2-14(20)8-16(15)21/h2-8,10-12,28H,9H2,1H3/t12-,19?/m1/s1. The zero-order valence-electron chi connectivity index (χ0n) is 15.7. The van der Waals surface area contributed by atoms with E-state index in [0.717, 1.165) is 9.90 Å². The Hall–Kier alpha value is -2.04. The third-order valence-corrected chi connectivity index (χ3v) is 7.17. The monoisotopic (exact) mass is 478 g/mol. The highest BCUT2D eigenvalue weighted by molar-refractivity contribution is 8.01. The Kier molecular flexibility index (Phi) is 6.35. The van der Waals surface area contributed by atoms with Crippen molar-refractivity contribution < 1.29 is 5.11 Å². The van der Waals surface area contributed by atoms with Crippen molar-refractivity contribution in [3.05, 3.63) is 71.0 Å². The minimum atomic E-state index is -1.36. The van der Waals surface area contributed by atoms with E-state index in [2.05, 4.69) is 24.4 Å². The van der Waals surface area contributed by atoms with Gasteiger partial charge in [-0.15, -0.1) is 0 Å². The number of benzene rings is 1. The molecule has 11 heteroatoms. The Morgan fingerprint density at radius 1 is 1.20 bits per heavy atom. The largest absolute Gasteiger partial charge is 0.382 e. The van der Waals surface area contributed by atoms with Crippen molar-refractivity contribution in [1.29, 1.82) is 0 Å². The first-order valence-electron chi connectivity index (χ1n) is 8.87. The van der Waals surface area contributed by atoms with E-state index in [9.17, 15) is 5.11 Å². The summed E-state index contributed by atoms with van der Waals surface area (Å²) in [6.07, 6.45) is 6.38. The zero-order valence-corrected chi connectivity index (χ0v) is 18.8. The van der Waals surface area contributed by atoms with E-state index in [1.54, 1.807) is 41.6 Å². The summed E-state index contributed by atoms with van der Waals surface area (Å²) in [6.45, 7) is 2.08. The van der Waals surface area contributed by atoms with E-state index in [1.165, 1.54) is 29.6 Å². The van der Waals surface area contributed by atoms with E-state index in [4.69, 9.17) is 23.2 Å². The van der Waals surface area contributed by atoms with Crippen LogP contribution in [0.15, 0.2) is 59.7 Å². The highest BCUT2D eigenvalue weighted by Crippen LogP contribution is 2.42. The van der Waals surface area contributed by atoms with Crippen molar-refractivity contribution in [2.75, 3.05) is 0 Å². The number of pyridine rings is 1. The molecule has 4 aromatic rings. The van der Waals surface area contributed by atoms with Crippen molar-refractivity contribution >= 4 is 46.5 Å². The average Bonchev–Trinajstić information content (AvgIpc) is 3.40. The van der Waals surface area contributed by atoms with Gasteiger partial charge < -0.3 is 5.11 Å². The predicted molar refractivity (Wildman–Crippen MR) is 119 cm³/mol. The normalized spacial score (nSPS) is 14.4. The number of hydrogen-bond donors (Lipinski definition) is 1. The summed E-state index contributed by atoms with van der Waals surface area (Å²) in [5.41, 5.74) is 0.0880. The molecule has 0 aliphatic heterocycles. The van der Waals surface area contributed by atoms with Crippen molar-refractivity contribution in [1.82, 2.24) is 29.1 Å². The van der Waals surface area contributed by atoms with Crippen LogP contribution in [0.5, 0.6) is 0 Å². The van der Waals surface area contributed by atoms with Crippen LogP contribution in [-0.2, 0) is 12.1 Å². The summed E-state index contributed by atoms with van der Waals surface area (Å²) in [5, 5.41) is 16.5. The van der Waals surface area contributed by atoms with E-state index >= 15 is 0 Å². The molecule has 1 N–H and O–H groups in total. The van der Waals surface area contributed by atoms with Crippen molar-refractivity contribution in [2.45, 2.75) is 28.7 Å². The molecule has 154 valence electrons. The SMILES string of the molecule is C[C@@H](Sc1nc(-c2ccncc2)ns1)C(O)(Cn1cncn1)c1ccc(Cl)cc1Cl. The van der Waals surface area contributed by atoms with Gasteiger partial charge in [-0.25, -0.2) is 14.6 Å². The molecule has 2 atom stereocenters. The van der Waals surface area contributed by atoms with E-state index in [0.29, 0.717) is 21.4 Å². The van der Waals surface area contributed by atoms with Crippen LogP contribution in [0.2, 0.25) is 10.0 Å². The molecule has 0 radical (unpaired) electrons. The first-order chi connectivity index (χ1) is 14.5. The Morgan fingerprint density at radius 3 is 2.70 bits per heavy atom. The fraction of sp³-hybridized carbons (Fsp3) is 0.211. The third-order valence-electron chi connectivity index (χ3n) is 4.56. The molecule has 0 fully saturated rings. The molecule has 1 unspecified atom stereocenters. The zero-order chi connectivity index (χ0) is 21.1.